The van der Waals surface area contributed by atoms with Gasteiger partial charge in [-0.3, -0.25) is 4.79 Å². The molecule has 2 aromatic rings. The molecule has 0 amide bonds. The van der Waals surface area contributed by atoms with Gasteiger partial charge in [-0.2, -0.15) is 4.31 Å². The summed E-state index contributed by atoms with van der Waals surface area (Å²) in [6.45, 7) is 2.37. The maximum Gasteiger partial charge on any atom is 0.243 e. The van der Waals surface area contributed by atoms with Crippen LogP contribution in [0.25, 0.3) is 0 Å². The highest BCUT2D eigenvalue weighted by atomic mass is 32.2. The molecule has 1 aliphatic heterocycles. The molecule has 0 bridgehead atoms. The Kier molecular flexibility index (Phi) is 5.43. The highest BCUT2D eigenvalue weighted by Crippen LogP contribution is 2.26. The van der Waals surface area contributed by atoms with Gasteiger partial charge in [-0.05, 0) is 43.5 Å². The Balaban J connectivity index is 1.72. The van der Waals surface area contributed by atoms with Crippen molar-refractivity contribution in [2.45, 2.75) is 24.7 Å². The third-order valence-corrected chi connectivity index (χ3v) is 6.73. The Labute approximate surface area is 158 Å². The van der Waals surface area contributed by atoms with Crippen molar-refractivity contribution in [2.24, 2.45) is 5.92 Å². The molecule has 1 heterocycles. The first-order valence-electron chi connectivity index (χ1n) is 8.71. The average molecular weight is 386 g/mol. The fourth-order valence-corrected chi connectivity index (χ4v) is 4.84. The topological polar surface area (TPSA) is 94.6 Å². The number of aromatic carboxylic acids is 1. The zero-order valence-electron chi connectivity index (χ0n) is 14.9. The smallest absolute Gasteiger partial charge is 0.243 e. The number of Topliss-reactive ketones (excluding diaryl/α,β-unsaturated/α-hetero) is 1. The first-order valence-corrected chi connectivity index (χ1v) is 10.2. The molecule has 1 fully saturated rings. The van der Waals surface area contributed by atoms with E-state index in [9.17, 15) is 23.1 Å². The fourth-order valence-electron chi connectivity index (χ4n) is 3.32. The van der Waals surface area contributed by atoms with Gasteiger partial charge in [0, 0.05) is 24.6 Å². The van der Waals surface area contributed by atoms with Crippen LogP contribution >= 0.6 is 0 Å². The molecule has 0 N–H and O–H groups in total. The van der Waals surface area contributed by atoms with Crippen LogP contribution in [0.15, 0.2) is 53.4 Å². The summed E-state index contributed by atoms with van der Waals surface area (Å²) >= 11 is 0. The SMILES string of the molecule is Cc1cccc(C(=O)C2CCN(S(=O)(=O)c3cccc(C(=O)[O-])c3)CC2)c1. The minimum absolute atomic E-state index is 0.0368. The lowest BCUT2D eigenvalue weighted by Gasteiger charge is -2.30. The summed E-state index contributed by atoms with van der Waals surface area (Å²) < 4.78 is 26.9. The number of nitrogens with zero attached hydrogens (tertiary/aromatic N) is 1. The van der Waals surface area contributed by atoms with E-state index in [1.807, 2.05) is 25.1 Å². The number of ketones is 1. The monoisotopic (exact) mass is 386 g/mol. The molecule has 6 nitrogen and oxygen atoms in total. The lowest BCUT2D eigenvalue weighted by atomic mass is 9.89. The molecular weight excluding hydrogens is 366 g/mol. The lowest BCUT2D eigenvalue weighted by molar-refractivity contribution is -0.255. The van der Waals surface area contributed by atoms with Gasteiger partial charge in [0.25, 0.3) is 0 Å². The minimum atomic E-state index is -3.81. The van der Waals surface area contributed by atoms with E-state index in [0.717, 1.165) is 11.6 Å². The molecule has 2 aromatic carbocycles. The number of hydrogen-bond acceptors (Lipinski definition) is 5. The third-order valence-electron chi connectivity index (χ3n) is 4.83. The first-order chi connectivity index (χ1) is 12.8. The zero-order valence-corrected chi connectivity index (χ0v) is 15.7. The second kappa shape index (κ2) is 7.62. The summed E-state index contributed by atoms with van der Waals surface area (Å²) in [6.07, 6.45) is 0.873. The average Bonchev–Trinajstić information content (AvgIpc) is 2.67. The second-order valence-corrected chi connectivity index (χ2v) is 8.67. The van der Waals surface area contributed by atoms with Crippen molar-refractivity contribution in [1.29, 1.82) is 0 Å². The van der Waals surface area contributed by atoms with E-state index in [2.05, 4.69) is 0 Å². The van der Waals surface area contributed by atoms with E-state index in [0.29, 0.717) is 18.4 Å². The normalized spacial score (nSPS) is 16.2. The van der Waals surface area contributed by atoms with Crippen molar-refractivity contribution in [3.63, 3.8) is 0 Å². The van der Waals surface area contributed by atoms with Crippen molar-refractivity contribution in [3.8, 4) is 0 Å². The third kappa shape index (κ3) is 4.09. The Hall–Kier alpha value is -2.51. The van der Waals surface area contributed by atoms with Crippen LogP contribution < -0.4 is 5.11 Å². The van der Waals surface area contributed by atoms with Crippen LogP contribution in [0.3, 0.4) is 0 Å². The summed E-state index contributed by atoms with van der Waals surface area (Å²) in [7, 11) is -3.81. The summed E-state index contributed by atoms with van der Waals surface area (Å²) in [6, 6.07) is 12.5. The maximum atomic E-state index is 12.8. The number of carbonyl (C=O) groups excluding carboxylic acids is 2. The van der Waals surface area contributed by atoms with Gasteiger partial charge in [-0.25, -0.2) is 8.42 Å². The summed E-state index contributed by atoms with van der Waals surface area (Å²) in [5, 5.41) is 11.0. The van der Waals surface area contributed by atoms with Crippen LogP contribution in [-0.4, -0.2) is 37.6 Å². The van der Waals surface area contributed by atoms with E-state index in [-0.39, 0.29) is 35.2 Å². The molecule has 0 aliphatic carbocycles. The number of piperidine rings is 1. The van der Waals surface area contributed by atoms with Crippen LogP contribution in [0.5, 0.6) is 0 Å². The number of hydrogen-bond donors (Lipinski definition) is 0. The van der Waals surface area contributed by atoms with E-state index >= 15 is 0 Å². The van der Waals surface area contributed by atoms with Gasteiger partial charge in [0.2, 0.25) is 10.0 Å². The molecule has 0 spiro atoms. The van der Waals surface area contributed by atoms with Gasteiger partial charge >= 0.3 is 0 Å². The standard InChI is InChI=1S/C20H21NO5S/c1-14-4-2-5-16(12-14)19(22)15-8-10-21(11-9-15)27(25,26)18-7-3-6-17(13-18)20(23)24/h2-7,12-13,15H,8-11H2,1H3,(H,23,24)/p-1. The lowest BCUT2D eigenvalue weighted by Crippen LogP contribution is -2.40. The Bertz CT molecular complexity index is 975. The van der Waals surface area contributed by atoms with E-state index in [1.165, 1.54) is 22.5 Å². The van der Waals surface area contributed by atoms with Gasteiger partial charge in [0.05, 0.1) is 10.9 Å². The first kappa shape index (κ1) is 19.3. The van der Waals surface area contributed by atoms with Crippen molar-refractivity contribution >= 4 is 21.8 Å². The highest BCUT2D eigenvalue weighted by Gasteiger charge is 2.32. The number of sulfonamides is 1. The van der Waals surface area contributed by atoms with Gasteiger partial charge < -0.3 is 9.90 Å². The van der Waals surface area contributed by atoms with E-state index in [1.54, 1.807) is 6.07 Å². The fraction of sp³-hybridized carbons (Fsp3) is 0.300. The van der Waals surface area contributed by atoms with Crippen LogP contribution in [0.2, 0.25) is 0 Å². The van der Waals surface area contributed by atoms with Crippen LogP contribution in [0.4, 0.5) is 0 Å². The number of carbonyl (C=O) groups is 2. The molecule has 1 aliphatic rings. The summed E-state index contributed by atoms with van der Waals surface area (Å²) in [5.41, 5.74) is 1.48. The summed E-state index contributed by atoms with van der Waals surface area (Å²) in [5.74, 6) is -1.60. The Morgan fingerprint density at radius 2 is 1.63 bits per heavy atom. The Morgan fingerprint density at radius 3 is 2.26 bits per heavy atom. The largest absolute Gasteiger partial charge is 0.545 e. The van der Waals surface area contributed by atoms with Gasteiger partial charge in [-0.1, -0.05) is 35.9 Å². The Morgan fingerprint density at radius 1 is 1.00 bits per heavy atom. The van der Waals surface area contributed by atoms with Gasteiger partial charge in [0.15, 0.2) is 5.78 Å². The van der Waals surface area contributed by atoms with E-state index in [4.69, 9.17) is 0 Å². The number of carboxylic acids is 1. The predicted octanol–water partition coefficient (Wildman–Crippen LogP) is 1.64. The molecule has 0 atom stereocenters. The van der Waals surface area contributed by atoms with Crippen molar-refractivity contribution in [2.75, 3.05) is 13.1 Å². The van der Waals surface area contributed by atoms with Crippen LogP contribution in [-0.2, 0) is 10.0 Å². The molecule has 1 saturated heterocycles. The van der Waals surface area contributed by atoms with Crippen molar-refractivity contribution in [1.82, 2.24) is 4.31 Å². The maximum absolute atomic E-state index is 12.8. The molecular formula is C20H20NO5S-. The molecule has 0 unspecified atom stereocenters. The quantitative estimate of drug-likeness (QED) is 0.728. The molecule has 27 heavy (non-hydrogen) atoms. The molecule has 0 radical (unpaired) electrons. The molecule has 142 valence electrons. The van der Waals surface area contributed by atoms with Gasteiger partial charge in [0.1, 0.15) is 0 Å². The number of rotatable bonds is 5. The molecule has 7 heteroatoms. The van der Waals surface area contributed by atoms with Crippen molar-refractivity contribution < 1.29 is 23.1 Å². The zero-order chi connectivity index (χ0) is 19.6. The second-order valence-electron chi connectivity index (χ2n) is 6.73. The molecule has 3 rings (SSSR count). The molecule has 0 aromatic heterocycles. The summed E-state index contributed by atoms with van der Waals surface area (Å²) in [4.78, 5) is 23.6. The van der Waals surface area contributed by atoms with Crippen LogP contribution in [0, 0.1) is 12.8 Å². The number of aryl methyl sites for hydroxylation is 1. The number of carboxylic acid groups (broad SMARTS) is 1. The predicted molar refractivity (Wildman–Crippen MR) is 97.8 cm³/mol. The minimum Gasteiger partial charge on any atom is -0.545 e. The number of benzene rings is 2. The molecule has 0 saturated carbocycles. The van der Waals surface area contributed by atoms with Crippen LogP contribution in [0.1, 0.15) is 39.1 Å². The van der Waals surface area contributed by atoms with E-state index < -0.39 is 16.0 Å². The highest BCUT2D eigenvalue weighted by molar-refractivity contribution is 7.89. The van der Waals surface area contributed by atoms with Gasteiger partial charge in [-0.15, -0.1) is 0 Å². The van der Waals surface area contributed by atoms with Crippen molar-refractivity contribution in [3.05, 3.63) is 65.2 Å².